The van der Waals surface area contributed by atoms with Crippen LogP contribution in [0.1, 0.15) is 47.3 Å². The van der Waals surface area contributed by atoms with Gasteiger partial charge in [-0.05, 0) is 48.9 Å². The second kappa shape index (κ2) is 9.76. The van der Waals surface area contributed by atoms with Crippen LogP contribution in [0.4, 0.5) is 8.78 Å². The van der Waals surface area contributed by atoms with Crippen LogP contribution in [0, 0.1) is 5.82 Å². The number of aromatic nitrogens is 1. The lowest BCUT2D eigenvalue weighted by Gasteiger charge is -2.37. The number of likely N-dealkylation sites (tertiary alicyclic amines) is 1. The zero-order chi connectivity index (χ0) is 23.5. The summed E-state index contributed by atoms with van der Waals surface area (Å²) < 4.78 is 35.6. The Morgan fingerprint density at radius 1 is 1.09 bits per heavy atom. The van der Waals surface area contributed by atoms with Crippen LogP contribution in [0.25, 0.3) is 10.9 Å². The number of amides is 1. The molecular formula is C27H29F2N3O2. The maximum absolute atomic E-state index is 15.6. The van der Waals surface area contributed by atoms with E-state index in [2.05, 4.69) is 15.2 Å². The van der Waals surface area contributed by atoms with Gasteiger partial charge in [0.2, 0.25) is 0 Å². The third kappa shape index (κ3) is 4.81. The molecule has 0 aliphatic carbocycles. The van der Waals surface area contributed by atoms with Gasteiger partial charge in [0.25, 0.3) is 5.91 Å². The molecule has 1 amide bonds. The molecule has 0 unspecified atom stereocenters. The van der Waals surface area contributed by atoms with Crippen molar-refractivity contribution in [2.45, 2.75) is 43.9 Å². The summed E-state index contributed by atoms with van der Waals surface area (Å²) >= 11 is 0. The second-order valence-electron chi connectivity index (χ2n) is 9.27. The molecule has 0 atom stereocenters. The Bertz CT molecular complexity index is 1160. The number of rotatable bonds is 5. The second-order valence-corrected chi connectivity index (χ2v) is 9.27. The molecule has 1 N–H and O–H groups in total. The zero-order valence-electron chi connectivity index (χ0n) is 19.1. The summed E-state index contributed by atoms with van der Waals surface area (Å²) in [6.45, 7) is 2.89. The summed E-state index contributed by atoms with van der Waals surface area (Å²) in [6, 6.07) is 15.9. The lowest BCUT2D eigenvalue weighted by Crippen LogP contribution is -2.40. The average molecular weight is 466 g/mol. The summed E-state index contributed by atoms with van der Waals surface area (Å²) in [5, 5.41) is 3.70. The standard InChI is InChI=1S/C27H29F2N3O2/c28-23-8-4-7-22-19(17-24(31-25(22)23)26(33)30-21-9-15-34-16-10-21)18-32-13-11-27(29,12-14-32)20-5-2-1-3-6-20/h1-8,17,21H,9-16,18H2,(H,30,33). The smallest absolute Gasteiger partial charge is 0.270 e. The van der Waals surface area contributed by atoms with E-state index in [-0.39, 0.29) is 23.2 Å². The highest BCUT2D eigenvalue weighted by atomic mass is 19.1. The molecule has 0 radical (unpaired) electrons. The molecule has 2 saturated heterocycles. The van der Waals surface area contributed by atoms with Crippen LogP contribution in [0.3, 0.4) is 0 Å². The minimum atomic E-state index is -1.33. The first-order valence-electron chi connectivity index (χ1n) is 12.0. The molecule has 2 fully saturated rings. The van der Waals surface area contributed by atoms with Gasteiger partial charge in [0.15, 0.2) is 0 Å². The lowest BCUT2D eigenvalue weighted by atomic mass is 9.86. The Morgan fingerprint density at radius 2 is 1.82 bits per heavy atom. The minimum absolute atomic E-state index is 0.0283. The van der Waals surface area contributed by atoms with Crippen molar-refractivity contribution in [3.63, 3.8) is 0 Å². The van der Waals surface area contributed by atoms with Gasteiger partial charge in [-0.15, -0.1) is 0 Å². The fraction of sp³-hybridized carbons (Fsp3) is 0.407. The summed E-state index contributed by atoms with van der Waals surface area (Å²) in [6.07, 6.45) is 2.29. The summed E-state index contributed by atoms with van der Waals surface area (Å²) in [5.74, 6) is -0.756. The number of nitrogens with one attached hydrogen (secondary N) is 1. The Morgan fingerprint density at radius 3 is 2.56 bits per heavy atom. The number of carbonyl (C=O) groups is 1. The van der Waals surface area contributed by atoms with Crippen molar-refractivity contribution in [1.29, 1.82) is 0 Å². The highest BCUT2D eigenvalue weighted by Gasteiger charge is 2.36. The molecule has 5 nitrogen and oxygen atoms in total. The molecular weight excluding hydrogens is 436 g/mol. The van der Waals surface area contributed by atoms with Crippen LogP contribution in [-0.4, -0.2) is 48.1 Å². The normalized spacial score (nSPS) is 19.2. The monoisotopic (exact) mass is 465 g/mol. The molecule has 178 valence electrons. The maximum atomic E-state index is 15.6. The lowest BCUT2D eigenvalue weighted by molar-refractivity contribution is 0.0527. The van der Waals surface area contributed by atoms with Crippen molar-refractivity contribution in [1.82, 2.24) is 15.2 Å². The van der Waals surface area contributed by atoms with Gasteiger partial charge in [0.05, 0.1) is 0 Å². The Balaban J connectivity index is 1.36. The fourth-order valence-electron chi connectivity index (χ4n) is 4.96. The number of pyridine rings is 1. The molecule has 1 aromatic heterocycles. The molecule has 0 bridgehead atoms. The van der Waals surface area contributed by atoms with E-state index >= 15 is 4.39 Å². The van der Waals surface area contributed by atoms with Crippen LogP contribution >= 0.6 is 0 Å². The molecule has 2 aromatic carbocycles. The summed E-state index contributed by atoms with van der Waals surface area (Å²) in [7, 11) is 0. The fourth-order valence-corrected chi connectivity index (χ4v) is 4.96. The molecule has 3 heterocycles. The topological polar surface area (TPSA) is 54.5 Å². The molecule has 3 aromatic rings. The van der Waals surface area contributed by atoms with Crippen molar-refractivity contribution in [3.8, 4) is 0 Å². The van der Waals surface area contributed by atoms with Gasteiger partial charge in [0.1, 0.15) is 22.7 Å². The van der Waals surface area contributed by atoms with Gasteiger partial charge < -0.3 is 10.1 Å². The first kappa shape index (κ1) is 22.9. The number of halogens is 2. The number of hydrogen-bond donors (Lipinski definition) is 1. The van der Waals surface area contributed by atoms with Crippen molar-refractivity contribution < 1.29 is 18.3 Å². The van der Waals surface area contributed by atoms with Crippen molar-refractivity contribution in [2.24, 2.45) is 0 Å². The number of fused-ring (bicyclic) bond motifs is 1. The van der Waals surface area contributed by atoms with Crippen molar-refractivity contribution in [3.05, 3.63) is 77.2 Å². The predicted octanol–water partition coefficient (Wildman–Crippen LogP) is 4.74. The van der Waals surface area contributed by atoms with E-state index < -0.39 is 11.5 Å². The quantitative estimate of drug-likeness (QED) is 0.591. The highest BCUT2D eigenvalue weighted by molar-refractivity contribution is 5.96. The van der Waals surface area contributed by atoms with E-state index in [1.165, 1.54) is 6.07 Å². The zero-order valence-corrected chi connectivity index (χ0v) is 19.1. The molecule has 2 aliphatic heterocycles. The molecule has 0 spiro atoms. The SMILES string of the molecule is O=C(NC1CCOCC1)c1cc(CN2CCC(F)(c3ccccc3)CC2)c2cccc(F)c2n1. The number of ether oxygens (including phenoxy) is 1. The van der Waals surface area contributed by atoms with E-state index in [9.17, 15) is 9.18 Å². The third-order valence-electron chi connectivity index (χ3n) is 7.00. The molecule has 2 aliphatic rings. The van der Waals surface area contributed by atoms with Crippen LogP contribution in [-0.2, 0) is 17.0 Å². The number of alkyl halides is 1. The number of carbonyl (C=O) groups excluding carboxylic acids is 1. The first-order chi connectivity index (χ1) is 16.5. The summed E-state index contributed by atoms with van der Waals surface area (Å²) in [4.78, 5) is 19.5. The van der Waals surface area contributed by atoms with E-state index in [0.717, 1.165) is 24.0 Å². The molecule has 5 rings (SSSR count). The van der Waals surface area contributed by atoms with Crippen LogP contribution in [0.2, 0.25) is 0 Å². The van der Waals surface area contributed by atoms with Crippen molar-refractivity contribution in [2.75, 3.05) is 26.3 Å². The van der Waals surface area contributed by atoms with Gasteiger partial charge in [-0.2, -0.15) is 0 Å². The average Bonchev–Trinajstić information content (AvgIpc) is 2.87. The van der Waals surface area contributed by atoms with Gasteiger partial charge in [-0.25, -0.2) is 13.8 Å². The van der Waals surface area contributed by atoms with E-state index in [1.807, 2.05) is 36.4 Å². The van der Waals surface area contributed by atoms with E-state index in [4.69, 9.17) is 4.74 Å². The van der Waals surface area contributed by atoms with Crippen LogP contribution in [0.5, 0.6) is 0 Å². The van der Waals surface area contributed by atoms with Gasteiger partial charge in [0, 0.05) is 44.3 Å². The number of nitrogens with zero attached hydrogens (tertiary/aromatic N) is 2. The maximum Gasteiger partial charge on any atom is 0.270 e. The van der Waals surface area contributed by atoms with Gasteiger partial charge in [-0.1, -0.05) is 42.5 Å². The number of hydrogen-bond acceptors (Lipinski definition) is 4. The van der Waals surface area contributed by atoms with Gasteiger partial charge >= 0.3 is 0 Å². The third-order valence-corrected chi connectivity index (χ3v) is 7.00. The predicted molar refractivity (Wildman–Crippen MR) is 127 cm³/mol. The highest BCUT2D eigenvalue weighted by Crippen LogP contribution is 2.37. The largest absolute Gasteiger partial charge is 0.381 e. The van der Waals surface area contributed by atoms with Gasteiger partial charge in [-0.3, -0.25) is 9.69 Å². The minimum Gasteiger partial charge on any atom is -0.381 e. The molecule has 7 heteroatoms. The molecule has 0 saturated carbocycles. The Kier molecular flexibility index (Phi) is 6.57. The number of benzene rings is 2. The summed E-state index contributed by atoms with van der Waals surface area (Å²) in [5.41, 5.74) is 0.614. The van der Waals surface area contributed by atoms with Crippen molar-refractivity contribution >= 4 is 16.8 Å². The first-order valence-corrected chi connectivity index (χ1v) is 12.0. The van der Waals surface area contributed by atoms with E-state index in [1.54, 1.807) is 12.1 Å². The number of para-hydroxylation sites is 1. The number of piperidine rings is 1. The van der Waals surface area contributed by atoms with E-state index in [0.29, 0.717) is 51.1 Å². The Labute approximate surface area is 198 Å². The van der Waals surface area contributed by atoms with Crippen LogP contribution in [0.15, 0.2) is 54.6 Å². The Hall–Kier alpha value is -2.90. The molecule has 34 heavy (non-hydrogen) atoms. The van der Waals surface area contributed by atoms with Crippen LogP contribution < -0.4 is 5.32 Å².